The summed E-state index contributed by atoms with van der Waals surface area (Å²) in [6.45, 7) is 5.04. The van der Waals surface area contributed by atoms with Crippen molar-refractivity contribution in [3.05, 3.63) is 29.3 Å². The van der Waals surface area contributed by atoms with E-state index in [1.165, 1.54) is 0 Å². The summed E-state index contributed by atoms with van der Waals surface area (Å²) in [5.74, 6) is -10.4. The van der Waals surface area contributed by atoms with Crippen LogP contribution in [-0.4, -0.2) is 36.8 Å². The molecule has 2 rings (SSSR count). The van der Waals surface area contributed by atoms with Crippen LogP contribution in [-0.2, 0) is 14.4 Å². The molecule has 0 aliphatic carbocycles. The number of ether oxygens (including phenoxy) is 1. The van der Waals surface area contributed by atoms with Gasteiger partial charge in [0.25, 0.3) is 0 Å². The Labute approximate surface area is 177 Å². The summed E-state index contributed by atoms with van der Waals surface area (Å²) >= 11 is 0. The van der Waals surface area contributed by atoms with Crippen LogP contribution in [0.3, 0.4) is 0 Å². The first-order valence-electron chi connectivity index (χ1n) is 10.1. The molecule has 1 heterocycles. The zero-order valence-corrected chi connectivity index (χ0v) is 17.6. The van der Waals surface area contributed by atoms with Crippen molar-refractivity contribution < 1.29 is 36.7 Å². The maximum atomic E-state index is 13.8. The van der Waals surface area contributed by atoms with Crippen molar-refractivity contribution in [2.24, 2.45) is 17.8 Å². The van der Waals surface area contributed by atoms with E-state index in [4.69, 9.17) is 4.74 Å². The van der Waals surface area contributed by atoms with Crippen molar-refractivity contribution in [2.75, 3.05) is 13.2 Å². The predicted octanol–water partition coefficient (Wildman–Crippen LogP) is 2.88. The molecule has 1 saturated heterocycles. The number of rotatable bonds is 10. The summed E-state index contributed by atoms with van der Waals surface area (Å²) in [7, 11) is 0. The molecule has 6 nitrogen and oxygen atoms in total. The number of carbonyl (C=O) groups excluding carboxylic acids is 3. The molecule has 0 aromatic heterocycles. The average Bonchev–Trinajstić information content (AvgIpc) is 3.09. The van der Waals surface area contributed by atoms with Gasteiger partial charge < -0.3 is 15.4 Å². The van der Waals surface area contributed by atoms with Crippen LogP contribution < -0.4 is 15.4 Å². The van der Waals surface area contributed by atoms with E-state index in [9.17, 15) is 31.9 Å². The Bertz CT molecular complexity index is 821. The number of halogens is 4. The third-order valence-corrected chi connectivity index (χ3v) is 5.09. The lowest BCUT2D eigenvalue weighted by Gasteiger charge is -2.23. The van der Waals surface area contributed by atoms with E-state index >= 15 is 0 Å². The number of hydrogen-bond donors (Lipinski definition) is 2. The van der Waals surface area contributed by atoms with Gasteiger partial charge in [0.2, 0.25) is 23.4 Å². The molecule has 3 atom stereocenters. The Balaban J connectivity index is 2.14. The topological polar surface area (TPSA) is 84.5 Å². The van der Waals surface area contributed by atoms with Gasteiger partial charge in [0.1, 0.15) is 6.61 Å². The summed E-state index contributed by atoms with van der Waals surface area (Å²) in [4.78, 5) is 37.1. The molecule has 1 fully saturated rings. The number of ketones is 1. The first-order chi connectivity index (χ1) is 14.5. The number of Topliss-reactive ketones (excluding diaryl/α,β-unsaturated/α-hetero) is 1. The fourth-order valence-electron chi connectivity index (χ4n) is 3.48. The molecular formula is C21H26F4N2O4. The Kier molecular flexibility index (Phi) is 8.41. The average molecular weight is 446 g/mol. The molecule has 0 unspecified atom stereocenters. The molecule has 1 aromatic rings. The monoisotopic (exact) mass is 446 g/mol. The zero-order chi connectivity index (χ0) is 23.3. The smallest absolute Gasteiger partial charge is 0.223 e. The van der Waals surface area contributed by atoms with Gasteiger partial charge in [-0.3, -0.25) is 14.4 Å². The minimum Gasteiger partial charge on any atom is -0.479 e. The second-order valence-corrected chi connectivity index (χ2v) is 8.16. The largest absolute Gasteiger partial charge is 0.479 e. The fourth-order valence-corrected chi connectivity index (χ4v) is 3.48. The Morgan fingerprint density at radius 3 is 2.29 bits per heavy atom. The van der Waals surface area contributed by atoms with Gasteiger partial charge in [-0.25, -0.2) is 8.78 Å². The van der Waals surface area contributed by atoms with E-state index in [0.29, 0.717) is 19.4 Å². The molecule has 2 amide bonds. The van der Waals surface area contributed by atoms with Crippen molar-refractivity contribution in [3.63, 3.8) is 0 Å². The van der Waals surface area contributed by atoms with Crippen molar-refractivity contribution in [3.8, 4) is 5.75 Å². The highest BCUT2D eigenvalue weighted by atomic mass is 19.2. The molecule has 2 N–H and O–H groups in total. The highest BCUT2D eigenvalue weighted by Crippen LogP contribution is 2.26. The van der Waals surface area contributed by atoms with Crippen LogP contribution in [0.25, 0.3) is 0 Å². The highest BCUT2D eigenvalue weighted by molar-refractivity contribution is 5.91. The van der Waals surface area contributed by atoms with Crippen molar-refractivity contribution in [2.45, 2.75) is 46.1 Å². The minimum atomic E-state index is -1.77. The minimum absolute atomic E-state index is 0.0250. The summed E-state index contributed by atoms with van der Waals surface area (Å²) in [6.07, 6.45) is 0.988. The van der Waals surface area contributed by atoms with Crippen LogP contribution in [0.1, 0.15) is 40.0 Å². The molecule has 31 heavy (non-hydrogen) atoms. The van der Waals surface area contributed by atoms with E-state index in [1.807, 2.05) is 13.8 Å². The van der Waals surface area contributed by atoms with Crippen LogP contribution in [0.4, 0.5) is 17.6 Å². The first kappa shape index (κ1) is 24.6. The Hall–Kier alpha value is -2.65. The van der Waals surface area contributed by atoms with Gasteiger partial charge in [0, 0.05) is 24.4 Å². The number of nitrogens with one attached hydrogen (secondary N) is 2. The predicted molar refractivity (Wildman–Crippen MR) is 103 cm³/mol. The molecule has 1 aliphatic heterocycles. The number of carbonyl (C=O) groups is 3. The molecule has 1 aliphatic rings. The quantitative estimate of drug-likeness (QED) is 0.428. The molecule has 0 bridgehead atoms. The Morgan fingerprint density at radius 1 is 1.16 bits per heavy atom. The summed E-state index contributed by atoms with van der Waals surface area (Å²) in [5.41, 5.74) is 0. The SMILES string of the molecule is CC(C)C[C@H](C)C(=O)N[C@@H](C[C@@H]1CCNC1=O)C(=O)COc1c(F)c(F)cc(F)c1F. The maximum absolute atomic E-state index is 13.8. The van der Waals surface area contributed by atoms with Crippen LogP contribution in [0.5, 0.6) is 5.75 Å². The van der Waals surface area contributed by atoms with E-state index in [1.54, 1.807) is 6.92 Å². The molecule has 0 radical (unpaired) electrons. The number of amides is 2. The zero-order valence-electron chi connectivity index (χ0n) is 17.6. The summed E-state index contributed by atoms with van der Waals surface area (Å²) in [5, 5.41) is 5.20. The van der Waals surface area contributed by atoms with E-state index in [2.05, 4.69) is 10.6 Å². The Morgan fingerprint density at radius 2 is 1.77 bits per heavy atom. The molecular weight excluding hydrogens is 420 g/mol. The lowest BCUT2D eigenvalue weighted by Crippen LogP contribution is -2.46. The lowest BCUT2D eigenvalue weighted by atomic mass is 9.94. The summed E-state index contributed by atoms with van der Waals surface area (Å²) < 4.78 is 58.9. The van der Waals surface area contributed by atoms with E-state index < -0.39 is 65.2 Å². The second kappa shape index (κ2) is 10.6. The van der Waals surface area contributed by atoms with E-state index in [-0.39, 0.29) is 24.3 Å². The second-order valence-electron chi connectivity index (χ2n) is 8.16. The van der Waals surface area contributed by atoms with Gasteiger partial charge in [-0.2, -0.15) is 8.78 Å². The highest BCUT2D eigenvalue weighted by Gasteiger charge is 2.33. The van der Waals surface area contributed by atoms with Gasteiger partial charge >= 0.3 is 0 Å². The molecule has 1 aromatic carbocycles. The van der Waals surface area contributed by atoms with Crippen LogP contribution in [0, 0.1) is 41.0 Å². The van der Waals surface area contributed by atoms with Gasteiger partial charge in [-0.1, -0.05) is 20.8 Å². The van der Waals surface area contributed by atoms with Crippen molar-refractivity contribution >= 4 is 17.6 Å². The third kappa shape index (κ3) is 6.41. The fraction of sp³-hybridized carbons (Fsp3) is 0.571. The number of benzene rings is 1. The molecule has 10 heteroatoms. The van der Waals surface area contributed by atoms with Gasteiger partial charge in [0.05, 0.1) is 6.04 Å². The summed E-state index contributed by atoms with van der Waals surface area (Å²) in [6, 6.07) is -1.14. The van der Waals surface area contributed by atoms with Crippen molar-refractivity contribution in [1.82, 2.24) is 10.6 Å². The van der Waals surface area contributed by atoms with Gasteiger partial charge in [-0.15, -0.1) is 0 Å². The normalized spacial score (nSPS) is 17.9. The van der Waals surface area contributed by atoms with Gasteiger partial charge in [0.15, 0.2) is 23.2 Å². The van der Waals surface area contributed by atoms with E-state index in [0.717, 1.165) is 0 Å². The van der Waals surface area contributed by atoms with Crippen LogP contribution >= 0.6 is 0 Å². The molecule has 172 valence electrons. The lowest BCUT2D eigenvalue weighted by molar-refractivity contribution is -0.132. The standard InChI is InChI=1S/C21H26F4N2O4/c1-10(2)6-11(3)20(29)27-15(7-12-4-5-26-21(12)30)16(28)9-31-19-17(24)13(22)8-14(23)18(19)25/h8,10-12,15H,4-7,9H2,1-3H3,(H,26,30)(H,27,29)/t11-,12-,15-/m0/s1. The van der Waals surface area contributed by atoms with Crippen molar-refractivity contribution in [1.29, 1.82) is 0 Å². The third-order valence-electron chi connectivity index (χ3n) is 5.09. The molecule has 0 spiro atoms. The van der Waals surface area contributed by atoms with Crippen LogP contribution in [0.15, 0.2) is 6.07 Å². The molecule has 0 saturated carbocycles. The maximum Gasteiger partial charge on any atom is 0.223 e. The first-order valence-corrected chi connectivity index (χ1v) is 10.1. The number of hydrogen-bond acceptors (Lipinski definition) is 4. The van der Waals surface area contributed by atoms with Crippen LogP contribution in [0.2, 0.25) is 0 Å². The van der Waals surface area contributed by atoms with Gasteiger partial charge in [-0.05, 0) is 25.2 Å².